The van der Waals surface area contributed by atoms with E-state index in [9.17, 15) is 19.2 Å². The second-order valence-electron chi connectivity index (χ2n) is 6.22. The highest BCUT2D eigenvalue weighted by molar-refractivity contribution is 6.21. The number of imide groups is 1. The third-order valence-electron chi connectivity index (χ3n) is 4.23. The first-order valence-corrected chi connectivity index (χ1v) is 9.13. The van der Waals surface area contributed by atoms with Crippen molar-refractivity contribution in [3.8, 4) is 5.75 Å². The fourth-order valence-corrected chi connectivity index (χ4v) is 2.86. The molecule has 3 rings (SSSR count). The molecule has 1 heterocycles. The molecule has 0 bridgehead atoms. The van der Waals surface area contributed by atoms with E-state index in [1.54, 1.807) is 48.5 Å². The summed E-state index contributed by atoms with van der Waals surface area (Å²) < 4.78 is 10.2. The number of nitrogens with one attached hydrogen (secondary N) is 1. The van der Waals surface area contributed by atoms with Crippen molar-refractivity contribution < 1.29 is 28.7 Å². The summed E-state index contributed by atoms with van der Waals surface area (Å²) in [5.41, 5.74) is 1.18. The number of carbonyl (C=O) groups is 4. The Hall–Kier alpha value is -3.68. The minimum atomic E-state index is -0.677. The minimum Gasteiger partial charge on any atom is -0.494 e. The Labute approximate surface area is 167 Å². The van der Waals surface area contributed by atoms with Gasteiger partial charge in [0.1, 0.15) is 5.75 Å². The second kappa shape index (κ2) is 9.01. The molecular formula is C21H20N2O6. The molecule has 2 aromatic rings. The number of anilines is 1. The van der Waals surface area contributed by atoms with Gasteiger partial charge in [-0.05, 0) is 43.3 Å². The number of esters is 1. The summed E-state index contributed by atoms with van der Waals surface area (Å²) in [5, 5.41) is 2.60. The number of nitrogens with zero attached hydrogens (tertiary/aromatic N) is 1. The number of hydrogen-bond acceptors (Lipinski definition) is 6. The Morgan fingerprint density at radius 2 is 1.59 bits per heavy atom. The van der Waals surface area contributed by atoms with Crippen LogP contribution >= 0.6 is 0 Å². The van der Waals surface area contributed by atoms with Gasteiger partial charge in [0, 0.05) is 12.2 Å². The number of rotatable bonds is 8. The van der Waals surface area contributed by atoms with Gasteiger partial charge in [-0.1, -0.05) is 12.1 Å². The maximum Gasteiger partial charge on any atom is 0.308 e. The lowest BCUT2D eigenvalue weighted by Gasteiger charge is -2.13. The normalized spacial score (nSPS) is 12.5. The molecule has 0 spiro atoms. The van der Waals surface area contributed by atoms with Gasteiger partial charge in [-0.2, -0.15) is 0 Å². The maximum absolute atomic E-state index is 12.2. The Morgan fingerprint density at radius 1 is 0.966 bits per heavy atom. The molecule has 1 N–H and O–H groups in total. The van der Waals surface area contributed by atoms with E-state index in [-0.39, 0.29) is 13.0 Å². The zero-order valence-corrected chi connectivity index (χ0v) is 15.8. The molecule has 0 aliphatic carbocycles. The molecule has 0 saturated heterocycles. The van der Waals surface area contributed by atoms with Gasteiger partial charge in [-0.15, -0.1) is 0 Å². The smallest absolute Gasteiger partial charge is 0.308 e. The van der Waals surface area contributed by atoms with Crippen LogP contribution in [0.1, 0.15) is 34.1 Å². The van der Waals surface area contributed by atoms with E-state index >= 15 is 0 Å². The molecule has 0 saturated carbocycles. The van der Waals surface area contributed by atoms with Gasteiger partial charge in [0.05, 0.1) is 24.2 Å². The first kappa shape index (κ1) is 20.1. The van der Waals surface area contributed by atoms with Crippen LogP contribution in [0.2, 0.25) is 0 Å². The summed E-state index contributed by atoms with van der Waals surface area (Å²) in [6, 6.07) is 13.3. The van der Waals surface area contributed by atoms with Crippen LogP contribution in [-0.4, -0.2) is 48.3 Å². The van der Waals surface area contributed by atoms with E-state index in [2.05, 4.69) is 5.32 Å². The highest BCUT2D eigenvalue weighted by Gasteiger charge is 2.35. The van der Waals surface area contributed by atoms with Crippen LogP contribution < -0.4 is 10.1 Å². The standard InChI is InChI=1S/C21H20N2O6/c1-2-28-15-9-7-14(8-10-15)22-18(24)13-29-19(25)11-12-23-20(26)16-5-3-4-6-17(16)21(23)27/h3-10H,2,11-13H2,1H3,(H,22,24). The largest absolute Gasteiger partial charge is 0.494 e. The first-order chi connectivity index (χ1) is 14.0. The van der Waals surface area contributed by atoms with E-state index in [4.69, 9.17) is 9.47 Å². The molecule has 29 heavy (non-hydrogen) atoms. The van der Waals surface area contributed by atoms with Gasteiger partial charge in [0.2, 0.25) is 0 Å². The highest BCUT2D eigenvalue weighted by atomic mass is 16.5. The molecule has 1 aliphatic rings. The summed E-state index contributed by atoms with van der Waals surface area (Å²) in [6.07, 6.45) is -0.193. The van der Waals surface area contributed by atoms with Crippen molar-refractivity contribution in [2.45, 2.75) is 13.3 Å². The van der Waals surface area contributed by atoms with Crippen molar-refractivity contribution in [3.05, 3.63) is 59.7 Å². The van der Waals surface area contributed by atoms with Crippen molar-refractivity contribution in [3.63, 3.8) is 0 Å². The summed E-state index contributed by atoms with van der Waals surface area (Å²) >= 11 is 0. The summed E-state index contributed by atoms with van der Waals surface area (Å²) in [6.45, 7) is 1.85. The van der Waals surface area contributed by atoms with Gasteiger partial charge in [-0.3, -0.25) is 24.1 Å². The maximum atomic E-state index is 12.2. The summed E-state index contributed by atoms with van der Waals surface area (Å²) in [7, 11) is 0. The zero-order valence-electron chi connectivity index (χ0n) is 15.8. The minimum absolute atomic E-state index is 0.105. The van der Waals surface area contributed by atoms with E-state index in [0.717, 1.165) is 4.90 Å². The van der Waals surface area contributed by atoms with Crippen LogP contribution in [0.25, 0.3) is 0 Å². The van der Waals surface area contributed by atoms with E-state index in [1.165, 1.54) is 0 Å². The van der Waals surface area contributed by atoms with E-state index in [0.29, 0.717) is 29.2 Å². The van der Waals surface area contributed by atoms with Gasteiger partial charge in [-0.25, -0.2) is 0 Å². The van der Waals surface area contributed by atoms with Crippen molar-refractivity contribution in [1.29, 1.82) is 0 Å². The molecule has 8 heteroatoms. The lowest BCUT2D eigenvalue weighted by atomic mass is 10.1. The zero-order chi connectivity index (χ0) is 20.8. The fourth-order valence-electron chi connectivity index (χ4n) is 2.86. The molecule has 1 aliphatic heterocycles. The van der Waals surface area contributed by atoms with E-state index in [1.807, 2.05) is 6.92 Å². The number of carbonyl (C=O) groups excluding carboxylic acids is 4. The lowest BCUT2D eigenvalue weighted by molar-refractivity contribution is -0.147. The van der Waals surface area contributed by atoms with Gasteiger partial charge in [0.15, 0.2) is 6.61 Å². The van der Waals surface area contributed by atoms with Crippen LogP contribution in [-0.2, 0) is 14.3 Å². The molecule has 8 nitrogen and oxygen atoms in total. The molecule has 0 unspecified atom stereocenters. The quantitative estimate of drug-likeness (QED) is 0.542. The van der Waals surface area contributed by atoms with Gasteiger partial charge in [0.25, 0.3) is 17.7 Å². The SMILES string of the molecule is CCOc1ccc(NC(=O)COC(=O)CCN2C(=O)c3ccccc3C2=O)cc1. The molecule has 150 valence electrons. The Kier molecular flexibility index (Phi) is 6.23. The topological polar surface area (TPSA) is 102 Å². The number of amides is 3. The highest BCUT2D eigenvalue weighted by Crippen LogP contribution is 2.22. The Balaban J connectivity index is 1.43. The van der Waals surface area contributed by atoms with Crippen molar-refractivity contribution >= 4 is 29.4 Å². The summed E-state index contributed by atoms with van der Waals surface area (Å²) in [4.78, 5) is 49.3. The third-order valence-corrected chi connectivity index (χ3v) is 4.23. The van der Waals surface area contributed by atoms with Crippen LogP contribution in [0, 0.1) is 0 Å². The van der Waals surface area contributed by atoms with Crippen molar-refractivity contribution in [2.24, 2.45) is 0 Å². The van der Waals surface area contributed by atoms with Crippen molar-refractivity contribution in [1.82, 2.24) is 4.90 Å². The average Bonchev–Trinajstić information content (AvgIpc) is 2.97. The lowest BCUT2D eigenvalue weighted by Crippen LogP contribution is -2.32. The molecule has 2 aromatic carbocycles. The molecule has 0 radical (unpaired) electrons. The first-order valence-electron chi connectivity index (χ1n) is 9.13. The van der Waals surface area contributed by atoms with Gasteiger partial charge < -0.3 is 14.8 Å². The number of hydrogen-bond donors (Lipinski definition) is 1. The number of ether oxygens (including phenoxy) is 2. The Morgan fingerprint density at radius 3 is 2.17 bits per heavy atom. The predicted octanol–water partition coefficient (Wildman–Crippen LogP) is 2.25. The average molecular weight is 396 g/mol. The third kappa shape index (κ3) is 4.78. The molecule has 0 atom stereocenters. The van der Waals surface area contributed by atoms with Gasteiger partial charge >= 0.3 is 5.97 Å². The van der Waals surface area contributed by atoms with Crippen LogP contribution in [0.5, 0.6) is 5.75 Å². The van der Waals surface area contributed by atoms with Crippen LogP contribution in [0.4, 0.5) is 5.69 Å². The van der Waals surface area contributed by atoms with Crippen LogP contribution in [0.15, 0.2) is 48.5 Å². The molecule has 0 aromatic heterocycles. The second-order valence-corrected chi connectivity index (χ2v) is 6.22. The number of benzene rings is 2. The van der Waals surface area contributed by atoms with E-state index < -0.39 is 30.3 Å². The number of fused-ring (bicyclic) bond motifs is 1. The predicted molar refractivity (Wildman–Crippen MR) is 104 cm³/mol. The monoisotopic (exact) mass is 396 g/mol. The fraction of sp³-hybridized carbons (Fsp3) is 0.238. The summed E-state index contributed by atoms with van der Waals surface area (Å²) in [5.74, 6) is -1.37. The Bertz CT molecular complexity index is 903. The van der Waals surface area contributed by atoms with Crippen molar-refractivity contribution in [2.75, 3.05) is 25.1 Å². The molecular weight excluding hydrogens is 376 g/mol. The molecule has 3 amide bonds. The molecule has 0 fully saturated rings. The van der Waals surface area contributed by atoms with Crippen LogP contribution in [0.3, 0.4) is 0 Å².